The van der Waals surface area contributed by atoms with Crippen LogP contribution in [-0.2, 0) is 11.0 Å². The quantitative estimate of drug-likeness (QED) is 0.305. The predicted octanol–water partition coefficient (Wildman–Crippen LogP) is 3.78. The summed E-state index contributed by atoms with van der Waals surface area (Å²) in [5.41, 5.74) is 0.0209. The molecule has 4 aromatic rings. The average molecular weight is 543 g/mol. The minimum atomic E-state index is -4.83. The van der Waals surface area contributed by atoms with Crippen LogP contribution in [0.15, 0.2) is 72.2 Å². The number of halogens is 4. The Morgan fingerprint density at radius 1 is 1.11 bits per heavy atom. The molecule has 2 unspecified atom stereocenters. The third kappa shape index (κ3) is 4.30. The zero-order valence-electron chi connectivity index (χ0n) is 18.2. The fraction of sp³-hybridized carbons (Fsp3) is 0.125. The number of carbonyl (C=O) groups excluding carboxylic acids is 1. The molecule has 0 bridgehead atoms. The number of hydrogen-bond donors (Lipinski definition) is 2. The summed E-state index contributed by atoms with van der Waals surface area (Å²) in [6.45, 7) is 1.69. The molecule has 6 nitrogen and oxygen atoms in total. The number of anilines is 2. The summed E-state index contributed by atoms with van der Waals surface area (Å²) in [5, 5.41) is 12.2. The maximum atomic E-state index is 14.5. The van der Waals surface area contributed by atoms with E-state index in [4.69, 9.17) is 0 Å². The van der Waals surface area contributed by atoms with Crippen molar-refractivity contribution in [2.45, 2.75) is 19.1 Å². The molecule has 0 radical (unpaired) electrons. The standard InChI is InChI=1S/C24H18AsF4N5O/c1-12-21(23(35)32-16-4-2-15-11-30-7-6-13(15)8-16)22(34-20(31-12)10-19(25)33-34)14-3-5-17(18(26)9-14)24(27,28)29/h2-11,22,31H,25H2,1H3,(H,32,35). The number of nitrogens with one attached hydrogen (secondary N) is 2. The molecule has 11 heteroatoms. The van der Waals surface area contributed by atoms with Gasteiger partial charge in [0.25, 0.3) is 0 Å². The van der Waals surface area contributed by atoms with E-state index >= 15 is 0 Å². The third-order valence-corrected chi connectivity index (χ3v) is 6.34. The predicted molar refractivity (Wildman–Crippen MR) is 127 cm³/mol. The number of benzene rings is 2. The molecule has 2 aromatic carbocycles. The van der Waals surface area contributed by atoms with Gasteiger partial charge < -0.3 is 0 Å². The number of amides is 1. The van der Waals surface area contributed by atoms with Crippen molar-refractivity contribution in [2.24, 2.45) is 0 Å². The van der Waals surface area contributed by atoms with E-state index in [1.54, 1.807) is 37.5 Å². The van der Waals surface area contributed by atoms with Crippen LogP contribution >= 0.6 is 0 Å². The minimum absolute atomic E-state index is 0.169. The first-order chi connectivity index (χ1) is 16.6. The molecule has 2 N–H and O–H groups in total. The van der Waals surface area contributed by atoms with E-state index in [0.717, 1.165) is 16.8 Å². The van der Waals surface area contributed by atoms with Crippen molar-refractivity contribution in [3.63, 3.8) is 0 Å². The number of alkyl halides is 3. The number of pyridine rings is 1. The molecule has 5 rings (SSSR count). The van der Waals surface area contributed by atoms with Gasteiger partial charge in [0.15, 0.2) is 0 Å². The Morgan fingerprint density at radius 2 is 1.91 bits per heavy atom. The molecule has 0 aliphatic carbocycles. The van der Waals surface area contributed by atoms with Gasteiger partial charge >= 0.3 is 201 Å². The molecular formula is C24H18AsF4N5O. The van der Waals surface area contributed by atoms with Crippen LogP contribution < -0.4 is 15.1 Å². The van der Waals surface area contributed by atoms with E-state index in [-0.39, 0.29) is 11.1 Å². The van der Waals surface area contributed by atoms with Crippen LogP contribution in [0.1, 0.15) is 24.1 Å². The zero-order valence-corrected chi connectivity index (χ0v) is 20.6. The molecule has 0 fully saturated rings. The molecule has 2 atom stereocenters. The number of nitrogens with zero attached hydrogens (tertiary/aromatic N) is 3. The number of allylic oxidation sites excluding steroid dienone is 1. The van der Waals surface area contributed by atoms with Gasteiger partial charge in [-0.15, -0.1) is 0 Å². The van der Waals surface area contributed by atoms with Crippen molar-refractivity contribution in [3.05, 3.63) is 89.1 Å². The van der Waals surface area contributed by atoms with Crippen molar-refractivity contribution in [1.29, 1.82) is 0 Å². The van der Waals surface area contributed by atoms with Crippen LogP contribution in [0.5, 0.6) is 0 Å². The van der Waals surface area contributed by atoms with Crippen molar-refractivity contribution < 1.29 is 22.4 Å². The molecule has 3 heterocycles. The summed E-state index contributed by atoms with van der Waals surface area (Å²) in [6.07, 6.45) is -1.48. The number of rotatable bonds is 3. The van der Waals surface area contributed by atoms with Crippen LogP contribution in [0.3, 0.4) is 0 Å². The van der Waals surface area contributed by atoms with Crippen molar-refractivity contribution in [1.82, 2.24) is 14.8 Å². The summed E-state index contributed by atoms with van der Waals surface area (Å²) in [7, 11) is 0. The van der Waals surface area contributed by atoms with Crippen LogP contribution in [0.4, 0.5) is 29.1 Å². The van der Waals surface area contributed by atoms with Gasteiger partial charge in [-0.2, -0.15) is 0 Å². The van der Waals surface area contributed by atoms with Crippen molar-refractivity contribution in [3.8, 4) is 0 Å². The first-order valence-electron chi connectivity index (χ1n) is 10.5. The number of fused-ring (bicyclic) bond motifs is 2. The van der Waals surface area contributed by atoms with Gasteiger partial charge in [-0.25, -0.2) is 0 Å². The van der Waals surface area contributed by atoms with Gasteiger partial charge in [-0.05, 0) is 0 Å². The molecule has 35 heavy (non-hydrogen) atoms. The summed E-state index contributed by atoms with van der Waals surface area (Å²) in [5.74, 6) is -1.34. The van der Waals surface area contributed by atoms with Crippen molar-refractivity contribution in [2.75, 3.05) is 10.6 Å². The van der Waals surface area contributed by atoms with E-state index < -0.39 is 29.5 Å². The molecule has 1 aliphatic heterocycles. The van der Waals surface area contributed by atoms with E-state index in [2.05, 4.69) is 20.7 Å². The second-order valence-electron chi connectivity index (χ2n) is 8.09. The van der Waals surface area contributed by atoms with Crippen molar-refractivity contribution >= 4 is 49.5 Å². The number of hydrogen-bond acceptors (Lipinski definition) is 4. The Bertz CT molecular complexity index is 1510. The fourth-order valence-electron chi connectivity index (χ4n) is 4.18. The van der Waals surface area contributed by atoms with Gasteiger partial charge in [0.05, 0.1) is 0 Å². The van der Waals surface area contributed by atoms with Gasteiger partial charge in [0.1, 0.15) is 0 Å². The van der Waals surface area contributed by atoms with Crippen LogP contribution in [0.2, 0.25) is 0 Å². The number of aromatic nitrogens is 3. The maximum absolute atomic E-state index is 14.5. The summed E-state index contributed by atoms with van der Waals surface area (Å²) in [6, 6.07) is 10.7. The van der Waals surface area contributed by atoms with E-state index in [9.17, 15) is 22.4 Å². The number of carbonyl (C=O) groups is 1. The molecule has 0 saturated heterocycles. The first-order valence-corrected chi connectivity index (χ1v) is 11.7. The summed E-state index contributed by atoms with van der Waals surface area (Å²) < 4.78 is 56.1. The summed E-state index contributed by atoms with van der Waals surface area (Å²) >= 11 is 1.24. The monoisotopic (exact) mass is 543 g/mol. The first kappa shape index (κ1) is 23.1. The van der Waals surface area contributed by atoms with Crippen LogP contribution in [-0.4, -0.2) is 37.5 Å². The van der Waals surface area contributed by atoms with Gasteiger partial charge in [0, 0.05) is 0 Å². The average Bonchev–Trinajstić information content (AvgIpc) is 3.16. The molecule has 1 amide bonds. The molecule has 1 aliphatic rings. The Balaban J connectivity index is 1.57. The summed E-state index contributed by atoms with van der Waals surface area (Å²) in [4.78, 5) is 17.6. The van der Waals surface area contributed by atoms with Gasteiger partial charge in [0.2, 0.25) is 0 Å². The normalized spacial score (nSPS) is 15.7. The Hall–Kier alpha value is -3.65. The topological polar surface area (TPSA) is 71.8 Å². The Labute approximate surface area is 205 Å². The van der Waals surface area contributed by atoms with Gasteiger partial charge in [-0.3, -0.25) is 4.98 Å². The SMILES string of the molecule is CC1=C(C(=O)Nc2ccc3cnccc3c2)C(c2ccc(C(F)(F)F)c(F)c2)n2nc([AsH2])cc2N1. The van der Waals surface area contributed by atoms with Crippen LogP contribution in [0, 0.1) is 5.82 Å². The van der Waals surface area contributed by atoms with E-state index in [1.165, 1.54) is 27.6 Å². The molecule has 0 spiro atoms. The van der Waals surface area contributed by atoms with Crippen LogP contribution in [0.25, 0.3) is 10.8 Å². The van der Waals surface area contributed by atoms with E-state index in [1.807, 2.05) is 12.1 Å². The van der Waals surface area contributed by atoms with E-state index in [0.29, 0.717) is 27.8 Å². The molecule has 0 saturated carbocycles. The molecular weight excluding hydrogens is 525 g/mol. The molecule has 178 valence electrons. The zero-order chi connectivity index (χ0) is 24.9. The molecule has 2 aromatic heterocycles. The van der Waals surface area contributed by atoms with Gasteiger partial charge in [-0.1, -0.05) is 0 Å². The Morgan fingerprint density at radius 3 is 2.66 bits per heavy atom. The second-order valence-corrected chi connectivity index (χ2v) is 9.34. The fourth-order valence-corrected chi connectivity index (χ4v) is 4.78. The second kappa shape index (κ2) is 8.53. The third-order valence-electron chi connectivity index (χ3n) is 5.75. The Kier molecular flexibility index (Phi) is 5.63.